The summed E-state index contributed by atoms with van der Waals surface area (Å²) in [5.41, 5.74) is 1.43. The van der Waals surface area contributed by atoms with Gasteiger partial charge in [0.2, 0.25) is 0 Å². The zero-order valence-electron chi connectivity index (χ0n) is 15.2. The fourth-order valence-corrected chi connectivity index (χ4v) is 2.95. The van der Waals surface area contributed by atoms with Gasteiger partial charge in [-0.15, -0.1) is 5.10 Å². The van der Waals surface area contributed by atoms with Crippen molar-refractivity contribution in [1.29, 1.82) is 0 Å². The summed E-state index contributed by atoms with van der Waals surface area (Å²) in [6, 6.07) is 6.64. The third-order valence-corrected chi connectivity index (χ3v) is 4.45. The van der Waals surface area contributed by atoms with Gasteiger partial charge in [0, 0.05) is 23.2 Å². The summed E-state index contributed by atoms with van der Waals surface area (Å²) >= 11 is 0. The van der Waals surface area contributed by atoms with Gasteiger partial charge >= 0.3 is 5.97 Å². The monoisotopic (exact) mass is 367 g/mol. The molecule has 3 aromatic rings. The molecule has 0 spiro atoms. The minimum absolute atomic E-state index is 0.115. The average Bonchev–Trinajstić information content (AvgIpc) is 3.05. The van der Waals surface area contributed by atoms with E-state index in [1.54, 1.807) is 24.0 Å². The first-order valence-corrected chi connectivity index (χ1v) is 8.82. The van der Waals surface area contributed by atoms with E-state index >= 15 is 0 Å². The molecule has 8 nitrogen and oxygen atoms in total. The van der Waals surface area contributed by atoms with Crippen LogP contribution in [0.3, 0.4) is 0 Å². The van der Waals surface area contributed by atoms with Gasteiger partial charge in [-0.3, -0.25) is 9.78 Å². The van der Waals surface area contributed by atoms with E-state index in [4.69, 9.17) is 0 Å². The summed E-state index contributed by atoms with van der Waals surface area (Å²) in [6.45, 7) is 3.70. The van der Waals surface area contributed by atoms with Crippen molar-refractivity contribution >= 4 is 22.6 Å². The van der Waals surface area contributed by atoms with Crippen LogP contribution in [-0.4, -0.2) is 43.0 Å². The number of unbranched alkanes of at least 4 members (excludes halogenated alkanes) is 1. The van der Waals surface area contributed by atoms with Crippen LogP contribution in [0.2, 0.25) is 0 Å². The molecule has 1 aromatic carbocycles. The van der Waals surface area contributed by atoms with Gasteiger partial charge in [-0.05, 0) is 25.5 Å². The molecule has 0 aliphatic heterocycles. The first-order valence-electron chi connectivity index (χ1n) is 8.82. The Kier molecular flexibility index (Phi) is 5.44. The molecule has 0 saturated heterocycles. The van der Waals surface area contributed by atoms with Gasteiger partial charge in [0.15, 0.2) is 5.69 Å². The summed E-state index contributed by atoms with van der Waals surface area (Å²) in [5, 5.41) is 21.8. The lowest BCUT2D eigenvalue weighted by Gasteiger charge is -2.13. The van der Waals surface area contributed by atoms with Gasteiger partial charge in [0.25, 0.3) is 5.91 Å². The number of carboxylic acids is 1. The number of carboxylic acid groups (broad SMARTS) is 1. The second-order valence-corrected chi connectivity index (χ2v) is 6.32. The van der Waals surface area contributed by atoms with E-state index in [0.29, 0.717) is 18.5 Å². The van der Waals surface area contributed by atoms with Crippen molar-refractivity contribution in [2.75, 3.05) is 0 Å². The summed E-state index contributed by atoms with van der Waals surface area (Å²) in [7, 11) is 0. The Bertz CT molecular complexity index is 977. The Morgan fingerprint density at radius 3 is 2.85 bits per heavy atom. The number of carbonyl (C=O) groups is 2. The summed E-state index contributed by atoms with van der Waals surface area (Å²) < 4.78 is 1.58. The van der Waals surface area contributed by atoms with Gasteiger partial charge in [-0.25, -0.2) is 9.48 Å². The highest BCUT2D eigenvalue weighted by Gasteiger charge is 2.24. The van der Waals surface area contributed by atoms with E-state index in [1.165, 1.54) is 0 Å². The third kappa shape index (κ3) is 3.79. The van der Waals surface area contributed by atoms with E-state index in [1.807, 2.05) is 31.2 Å². The molecule has 0 aliphatic carbocycles. The van der Waals surface area contributed by atoms with Crippen molar-refractivity contribution in [1.82, 2.24) is 25.3 Å². The lowest BCUT2D eigenvalue weighted by atomic mass is 10.1. The summed E-state index contributed by atoms with van der Waals surface area (Å²) in [5.74, 6) is -1.59. The van der Waals surface area contributed by atoms with Crippen LogP contribution in [0.15, 0.2) is 36.7 Å². The van der Waals surface area contributed by atoms with Crippen molar-refractivity contribution in [3.8, 4) is 5.69 Å². The maximum atomic E-state index is 12.6. The predicted molar refractivity (Wildman–Crippen MR) is 99.8 cm³/mol. The van der Waals surface area contributed by atoms with Crippen LogP contribution >= 0.6 is 0 Å². The minimum atomic E-state index is -1.05. The number of pyridine rings is 1. The molecular formula is C19H21N5O3. The normalized spacial score (nSPS) is 12.1. The molecule has 2 heterocycles. The highest BCUT2D eigenvalue weighted by Crippen LogP contribution is 2.22. The topological polar surface area (TPSA) is 110 Å². The van der Waals surface area contributed by atoms with Crippen LogP contribution in [0.5, 0.6) is 0 Å². The number of aromatic nitrogens is 4. The molecule has 1 atom stereocenters. The maximum absolute atomic E-state index is 12.6. The van der Waals surface area contributed by atoms with E-state index in [-0.39, 0.29) is 5.69 Å². The molecule has 0 fully saturated rings. The van der Waals surface area contributed by atoms with Crippen LogP contribution < -0.4 is 5.32 Å². The Labute approximate surface area is 156 Å². The number of amides is 1. The van der Waals surface area contributed by atoms with E-state index in [9.17, 15) is 14.7 Å². The summed E-state index contributed by atoms with van der Waals surface area (Å²) in [4.78, 5) is 28.0. The van der Waals surface area contributed by atoms with Crippen LogP contribution in [0.4, 0.5) is 0 Å². The lowest BCUT2D eigenvalue weighted by Crippen LogP contribution is -2.41. The molecule has 2 N–H and O–H groups in total. The highest BCUT2D eigenvalue weighted by atomic mass is 16.4. The molecule has 3 rings (SSSR count). The molecule has 0 aliphatic rings. The molecule has 0 unspecified atom stereocenters. The molecule has 8 heteroatoms. The number of rotatable bonds is 7. The van der Waals surface area contributed by atoms with E-state index < -0.39 is 17.9 Å². The Morgan fingerprint density at radius 2 is 2.11 bits per heavy atom. The van der Waals surface area contributed by atoms with Gasteiger partial charge < -0.3 is 10.4 Å². The van der Waals surface area contributed by atoms with Crippen LogP contribution in [0.1, 0.15) is 42.4 Å². The Morgan fingerprint density at radius 1 is 1.30 bits per heavy atom. The number of nitrogens with one attached hydrogen (secondary N) is 1. The number of nitrogens with zero attached hydrogens (tertiary/aromatic N) is 4. The van der Waals surface area contributed by atoms with Gasteiger partial charge in [-0.2, -0.15) is 0 Å². The second-order valence-electron chi connectivity index (χ2n) is 6.32. The molecular weight excluding hydrogens is 346 g/mol. The number of fused-ring (bicyclic) bond motifs is 1. The fraction of sp³-hybridized carbons (Fsp3) is 0.316. The Balaban J connectivity index is 1.90. The van der Waals surface area contributed by atoms with E-state index in [2.05, 4.69) is 20.6 Å². The molecule has 140 valence electrons. The van der Waals surface area contributed by atoms with Gasteiger partial charge in [0.1, 0.15) is 6.04 Å². The largest absolute Gasteiger partial charge is 0.480 e. The highest BCUT2D eigenvalue weighted by molar-refractivity contribution is 5.96. The van der Waals surface area contributed by atoms with Crippen molar-refractivity contribution in [2.45, 2.75) is 39.2 Å². The van der Waals surface area contributed by atoms with Gasteiger partial charge in [0.05, 0.1) is 11.4 Å². The van der Waals surface area contributed by atoms with Crippen LogP contribution in [0, 0.1) is 6.92 Å². The third-order valence-electron chi connectivity index (χ3n) is 4.45. The number of hydrogen-bond acceptors (Lipinski definition) is 5. The average molecular weight is 367 g/mol. The van der Waals surface area contributed by atoms with E-state index in [0.717, 1.165) is 22.9 Å². The molecule has 0 radical (unpaired) electrons. The Hall–Kier alpha value is -3.29. The number of hydrogen-bond donors (Lipinski definition) is 2. The SMILES string of the molecule is CCCC[C@H](NC(=O)c1nnn(-c2cccc3cnccc23)c1C)C(=O)O. The van der Waals surface area contributed by atoms with Gasteiger partial charge in [-0.1, -0.05) is 37.1 Å². The lowest BCUT2D eigenvalue weighted by molar-refractivity contribution is -0.139. The maximum Gasteiger partial charge on any atom is 0.326 e. The minimum Gasteiger partial charge on any atom is -0.480 e. The summed E-state index contributed by atoms with van der Waals surface area (Å²) in [6.07, 6.45) is 5.39. The standard InChI is InChI=1S/C19H21N5O3/c1-3-4-7-15(19(26)27)21-18(25)17-12(2)24(23-22-17)16-8-5-6-13-11-20-10-9-14(13)16/h5-6,8-11,15H,3-4,7H2,1-2H3,(H,21,25)(H,26,27)/t15-/m0/s1. The first-order chi connectivity index (χ1) is 13.0. The smallest absolute Gasteiger partial charge is 0.326 e. The molecule has 27 heavy (non-hydrogen) atoms. The van der Waals surface area contributed by atoms with Crippen LogP contribution in [-0.2, 0) is 4.79 Å². The predicted octanol–water partition coefficient (Wildman–Crippen LogP) is 2.50. The molecule has 0 bridgehead atoms. The second kappa shape index (κ2) is 7.94. The fourth-order valence-electron chi connectivity index (χ4n) is 2.95. The van der Waals surface area contributed by atoms with Crippen molar-refractivity contribution < 1.29 is 14.7 Å². The number of aliphatic carboxylic acids is 1. The van der Waals surface area contributed by atoms with Crippen molar-refractivity contribution in [3.05, 3.63) is 48.0 Å². The number of benzene rings is 1. The van der Waals surface area contributed by atoms with Crippen molar-refractivity contribution in [3.63, 3.8) is 0 Å². The quantitative estimate of drug-likeness (QED) is 0.664. The molecule has 2 aromatic heterocycles. The van der Waals surface area contributed by atoms with Crippen LogP contribution in [0.25, 0.3) is 16.5 Å². The molecule has 1 amide bonds. The zero-order chi connectivity index (χ0) is 19.4. The molecule has 0 saturated carbocycles. The zero-order valence-corrected chi connectivity index (χ0v) is 15.2. The first kappa shape index (κ1) is 18.5. The number of carbonyl (C=O) groups excluding carboxylic acids is 1. The van der Waals surface area contributed by atoms with Crippen molar-refractivity contribution in [2.24, 2.45) is 0 Å².